The third kappa shape index (κ3) is 1.56. The highest BCUT2D eigenvalue weighted by Gasteiger charge is 2.59. The second kappa shape index (κ2) is 3.21. The van der Waals surface area contributed by atoms with Crippen molar-refractivity contribution in [1.29, 1.82) is 0 Å². The van der Waals surface area contributed by atoms with Crippen molar-refractivity contribution in [1.82, 2.24) is 0 Å². The lowest BCUT2D eigenvalue weighted by molar-refractivity contribution is -0.113. The molecule has 2 heteroatoms. The SMILES string of the molecule is CC/C=C\[C@@H]1[C@H](C(=O)Cl)C1(C)C. The van der Waals surface area contributed by atoms with E-state index in [4.69, 9.17) is 11.6 Å². The van der Waals surface area contributed by atoms with E-state index in [1.54, 1.807) is 0 Å². The first-order valence-electron chi connectivity index (χ1n) is 4.37. The molecule has 0 unspecified atom stereocenters. The number of carbonyl (C=O) groups is 1. The smallest absolute Gasteiger partial charge is 0.225 e. The number of allylic oxidation sites excluding steroid dienone is 2. The summed E-state index contributed by atoms with van der Waals surface area (Å²) < 4.78 is 0. The van der Waals surface area contributed by atoms with Crippen LogP contribution in [-0.2, 0) is 4.79 Å². The molecule has 0 aromatic carbocycles. The lowest BCUT2D eigenvalue weighted by Crippen LogP contribution is -1.96. The van der Waals surface area contributed by atoms with Gasteiger partial charge in [0.25, 0.3) is 0 Å². The minimum absolute atomic E-state index is 0.0435. The summed E-state index contributed by atoms with van der Waals surface area (Å²) in [5.74, 6) is 0.407. The van der Waals surface area contributed by atoms with Crippen LogP contribution < -0.4 is 0 Å². The molecule has 1 rings (SSSR count). The fourth-order valence-corrected chi connectivity index (χ4v) is 2.17. The molecule has 2 atom stereocenters. The van der Waals surface area contributed by atoms with E-state index in [2.05, 4.69) is 32.9 Å². The Balaban J connectivity index is 2.60. The van der Waals surface area contributed by atoms with Gasteiger partial charge in [-0.25, -0.2) is 0 Å². The van der Waals surface area contributed by atoms with E-state index in [9.17, 15) is 4.79 Å². The van der Waals surface area contributed by atoms with E-state index in [1.165, 1.54) is 0 Å². The highest BCUT2D eigenvalue weighted by molar-refractivity contribution is 6.64. The van der Waals surface area contributed by atoms with Crippen molar-refractivity contribution in [2.75, 3.05) is 0 Å². The van der Waals surface area contributed by atoms with Crippen LogP contribution in [0.25, 0.3) is 0 Å². The molecule has 68 valence electrons. The molecule has 0 aromatic rings. The molecule has 1 nitrogen and oxygen atoms in total. The molecule has 0 radical (unpaired) electrons. The van der Waals surface area contributed by atoms with E-state index < -0.39 is 0 Å². The Morgan fingerprint density at radius 2 is 2.17 bits per heavy atom. The van der Waals surface area contributed by atoms with Gasteiger partial charge in [0.1, 0.15) is 0 Å². The van der Waals surface area contributed by atoms with Gasteiger partial charge < -0.3 is 0 Å². The molecule has 0 amide bonds. The van der Waals surface area contributed by atoms with Gasteiger partial charge in [-0.2, -0.15) is 0 Å². The van der Waals surface area contributed by atoms with Gasteiger partial charge in [-0.05, 0) is 29.4 Å². The summed E-state index contributed by atoms with van der Waals surface area (Å²) in [5, 5.41) is -0.189. The van der Waals surface area contributed by atoms with Gasteiger partial charge in [-0.3, -0.25) is 4.79 Å². The number of hydrogen-bond donors (Lipinski definition) is 0. The van der Waals surface area contributed by atoms with Crippen LogP contribution in [0.1, 0.15) is 27.2 Å². The van der Waals surface area contributed by atoms with Crippen LogP contribution in [0.5, 0.6) is 0 Å². The van der Waals surface area contributed by atoms with Gasteiger partial charge in [0, 0.05) is 5.92 Å². The van der Waals surface area contributed by atoms with Crippen LogP contribution in [0.2, 0.25) is 0 Å². The summed E-state index contributed by atoms with van der Waals surface area (Å²) in [6.45, 7) is 6.26. The first-order chi connectivity index (χ1) is 5.51. The van der Waals surface area contributed by atoms with Crippen LogP contribution in [-0.4, -0.2) is 5.24 Å². The summed E-state index contributed by atoms with van der Waals surface area (Å²) in [4.78, 5) is 10.9. The van der Waals surface area contributed by atoms with Gasteiger partial charge in [0.15, 0.2) is 0 Å². The first kappa shape index (κ1) is 9.79. The largest absolute Gasteiger partial charge is 0.281 e. The summed E-state index contributed by atoms with van der Waals surface area (Å²) in [5.41, 5.74) is 0.0878. The quantitative estimate of drug-likeness (QED) is 0.489. The van der Waals surface area contributed by atoms with Crippen LogP contribution in [0, 0.1) is 17.3 Å². The molecule has 1 saturated carbocycles. The Hall–Kier alpha value is -0.300. The van der Waals surface area contributed by atoms with Gasteiger partial charge >= 0.3 is 0 Å². The van der Waals surface area contributed by atoms with Crippen LogP contribution in [0.3, 0.4) is 0 Å². The fourth-order valence-electron chi connectivity index (χ4n) is 1.75. The molecule has 0 bridgehead atoms. The Morgan fingerprint density at radius 3 is 2.50 bits per heavy atom. The lowest BCUT2D eigenvalue weighted by Gasteiger charge is -1.95. The third-order valence-corrected chi connectivity index (χ3v) is 2.97. The normalized spacial score (nSPS) is 32.3. The molecule has 1 aliphatic carbocycles. The highest BCUT2D eigenvalue weighted by Crippen LogP contribution is 2.59. The van der Waals surface area contributed by atoms with Crippen molar-refractivity contribution in [3.8, 4) is 0 Å². The van der Waals surface area contributed by atoms with Gasteiger partial charge in [0.2, 0.25) is 5.24 Å². The molecule has 0 heterocycles. The number of carbonyl (C=O) groups excluding carboxylic acids is 1. The second-order valence-corrected chi connectivity index (χ2v) is 4.34. The highest BCUT2D eigenvalue weighted by atomic mass is 35.5. The summed E-state index contributed by atoms with van der Waals surface area (Å²) in [6.07, 6.45) is 5.24. The van der Waals surface area contributed by atoms with Crippen molar-refractivity contribution >= 4 is 16.8 Å². The van der Waals surface area contributed by atoms with E-state index in [1.807, 2.05) is 0 Å². The van der Waals surface area contributed by atoms with E-state index >= 15 is 0 Å². The topological polar surface area (TPSA) is 17.1 Å². The minimum atomic E-state index is -0.189. The van der Waals surface area contributed by atoms with Crippen molar-refractivity contribution < 1.29 is 4.79 Å². The van der Waals surface area contributed by atoms with Crippen LogP contribution >= 0.6 is 11.6 Å². The molecular formula is C10H15ClO. The zero-order valence-electron chi connectivity index (χ0n) is 7.80. The van der Waals surface area contributed by atoms with Crippen molar-refractivity contribution in [3.05, 3.63) is 12.2 Å². The average Bonchev–Trinajstić information content (AvgIpc) is 2.49. The van der Waals surface area contributed by atoms with E-state index in [0.717, 1.165) is 6.42 Å². The maximum Gasteiger partial charge on any atom is 0.225 e. The van der Waals surface area contributed by atoms with E-state index in [0.29, 0.717) is 5.92 Å². The van der Waals surface area contributed by atoms with Gasteiger partial charge in [-0.15, -0.1) is 0 Å². The number of halogens is 1. The monoisotopic (exact) mass is 186 g/mol. The summed E-state index contributed by atoms with van der Waals surface area (Å²) in [7, 11) is 0. The maximum atomic E-state index is 10.9. The maximum absolute atomic E-state index is 10.9. The predicted octanol–water partition coefficient (Wildman–Crippen LogP) is 2.99. The molecule has 1 fully saturated rings. The van der Waals surface area contributed by atoms with E-state index in [-0.39, 0.29) is 16.6 Å². The number of hydrogen-bond acceptors (Lipinski definition) is 1. The molecule has 0 aliphatic heterocycles. The molecule has 12 heavy (non-hydrogen) atoms. The Kier molecular flexibility index (Phi) is 2.62. The molecule has 1 aliphatic rings. The Labute approximate surface area is 78.8 Å². The van der Waals surface area contributed by atoms with Crippen molar-refractivity contribution in [3.63, 3.8) is 0 Å². The second-order valence-electron chi connectivity index (χ2n) is 3.97. The minimum Gasteiger partial charge on any atom is -0.281 e. The molecular weight excluding hydrogens is 172 g/mol. The zero-order chi connectivity index (χ0) is 9.35. The molecule has 0 N–H and O–H groups in total. The van der Waals surface area contributed by atoms with Gasteiger partial charge in [-0.1, -0.05) is 32.9 Å². The predicted molar refractivity (Wildman–Crippen MR) is 51.1 cm³/mol. The fraction of sp³-hybridized carbons (Fsp3) is 0.700. The van der Waals surface area contributed by atoms with Crippen molar-refractivity contribution in [2.45, 2.75) is 27.2 Å². The summed E-state index contributed by atoms with van der Waals surface area (Å²) >= 11 is 5.46. The zero-order valence-corrected chi connectivity index (χ0v) is 8.56. The van der Waals surface area contributed by atoms with Crippen LogP contribution in [0.4, 0.5) is 0 Å². The van der Waals surface area contributed by atoms with Crippen LogP contribution in [0.15, 0.2) is 12.2 Å². The molecule has 0 aromatic heterocycles. The standard InChI is InChI=1S/C10H15ClO/c1-4-5-6-7-8(9(11)12)10(7,2)3/h5-8H,4H2,1-3H3/b6-5-/t7-,8-/m1/s1. The third-order valence-electron chi connectivity index (χ3n) is 2.73. The van der Waals surface area contributed by atoms with Gasteiger partial charge in [0.05, 0.1) is 0 Å². The lowest BCUT2D eigenvalue weighted by atomic mass is 10.1. The summed E-state index contributed by atoms with van der Waals surface area (Å²) in [6, 6.07) is 0. The average molecular weight is 187 g/mol. The Bertz CT molecular complexity index is 218. The number of rotatable bonds is 3. The first-order valence-corrected chi connectivity index (χ1v) is 4.75. The molecule has 0 spiro atoms. The van der Waals surface area contributed by atoms with Crippen molar-refractivity contribution in [2.24, 2.45) is 17.3 Å². The molecule has 0 saturated heterocycles. The Morgan fingerprint density at radius 1 is 1.58 bits per heavy atom.